The molecule has 0 spiro atoms. The molecule has 4 rings (SSSR count). The highest BCUT2D eigenvalue weighted by Crippen LogP contribution is 2.25. The molecule has 0 unspecified atom stereocenters. The molecule has 0 aromatic carbocycles. The van der Waals surface area contributed by atoms with E-state index in [2.05, 4.69) is 38.4 Å². The summed E-state index contributed by atoms with van der Waals surface area (Å²) in [7, 11) is 0. The Kier molecular flexibility index (Phi) is 8.85. The maximum Gasteiger partial charge on any atom is 0.274 e. The summed E-state index contributed by atoms with van der Waals surface area (Å²) in [5.74, 6) is -0.160. The van der Waals surface area contributed by atoms with E-state index >= 15 is 0 Å². The lowest BCUT2D eigenvalue weighted by Gasteiger charge is -2.22. The van der Waals surface area contributed by atoms with Crippen molar-refractivity contribution < 1.29 is 19.1 Å². The van der Waals surface area contributed by atoms with Crippen LogP contribution in [0.15, 0.2) is 36.8 Å². The maximum atomic E-state index is 13.1. The predicted molar refractivity (Wildman–Crippen MR) is 136 cm³/mol. The van der Waals surface area contributed by atoms with Gasteiger partial charge in [0.1, 0.15) is 12.0 Å². The van der Waals surface area contributed by atoms with Crippen molar-refractivity contribution in [1.29, 1.82) is 0 Å². The van der Waals surface area contributed by atoms with Crippen molar-refractivity contribution in [2.45, 2.75) is 38.3 Å². The molecule has 1 saturated heterocycles. The second kappa shape index (κ2) is 12.5. The molecule has 36 heavy (non-hydrogen) atoms. The second-order valence-electron chi connectivity index (χ2n) is 8.36. The van der Waals surface area contributed by atoms with Gasteiger partial charge in [0.15, 0.2) is 5.69 Å². The van der Waals surface area contributed by atoms with Crippen LogP contribution < -0.4 is 10.6 Å². The van der Waals surface area contributed by atoms with E-state index in [1.54, 1.807) is 29.2 Å². The highest BCUT2D eigenvalue weighted by molar-refractivity contribution is 7.80. The van der Waals surface area contributed by atoms with E-state index < -0.39 is 11.8 Å². The number of hydrogen-bond acceptors (Lipinski definition) is 8. The van der Waals surface area contributed by atoms with Gasteiger partial charge in [0.2, 0.25) is 0 Å². The number of nitrogens with one attached hydrogen (secondary N) is 2. The third-order valence-corrected chi connectivity index (χ3v) is 6.08. The molecule has 0 radical (unpaired) electrons. The van der Waals surface area contributed by atoms with Gasteiger partial charge in [-0.15, -0.1) is 0 Å². The Labute approximate surface area is 214 Å². The molecule has 2 amide bonds. The first kappa shape index (κ1) is 25.6. The summed E-state index contributed by atoms with van der Waals surface area (Å²) in [6.45, 7) is 2.15. The van der Waals surface area contributed by atoms with Crippen molar-refractivity contribution in [3.05, 3.63) is 48.2 Å². The molecule has 1 aliphatic rings. The Hall–Kier alpha value is -3.51. The van der Waals surface area contributed by atoms with E-state index in [1.807, 2.05) is 16.9 Å². The number of carbonyl (C=O) groups is 3. The van der Waals surface area contributed by atoms with Gasteiger partial charge in [0.25, 0.3) is 11.8 Å². The number of nitrogens with zero attached hydrogens (tertiary/aromatic N) is 5. The summed E-state index contributed by atoms with van der Waals surface area (Å²) in [6.07, 6.45) is 8.58. The van der Waals surface area contributed by atoms with Crippen LogP contribution in [0, 0.1) is 0 Å². The summed E-state index contributed by atoms with van der Waals surface area (Å²) < 4.78 is 8.94. The van der Waals surface area contributed by atoms with Gasteiger partial charge in [0.05, 0.1) is 23.6 Å². The number of thiol groups is 1. The Bertz CT molecular complexity index is 1200. The number of aryl methyl sites for hydroxylation is 1. The molecule has 0 bridgehead atoms. The number of hydrogen-bond donors (Lipinski definition) is 3. The zero-order chi connectivity index (χ0) is 25.3. The SMILES string of the molecule is O=CCCNC(=O)c1nn(C2CCOCC2)cc1NC(=O)c1cccc(-c2cnn(CCCS)c2)n1. The average molecular weight is 512 g/mol. The van der Waals surface area contributed by atoms with Crippen LogP contribution in [0.5, 0.6) is 0 Å². The van der Waals surface area contributed by atoms with Gasteiger partial charge in [-0.2, -0.15) is 22.8 Å². The summed E-state index contributed by atoms with van der Waals surface area (Å²) in [6, 6.07) is 5.23. The number of ether oxygens (including phenoxy) is 1. The molecule has 0 saturated carbocycles. The van der Waals surface area contributed by atoms with Crippen LogP contribution in [0.1, 0.15) is 52.7 Å². The summed E-state index contributed by atoms with van der Waals surface area (Å²) >= 11 is 4.23. The number of aldehydes is 1. The van der Waals surface area contributed by atoms with Gasteiger partial charge in [0, 0.05) is 50.7 Å². The Balaban J connectivity index is 1.54. The van der Waals surface area contributed by atoms with E-state index in [0.717, 1.165) is 43.4 Å². The molecule has 2 N–H and O–H groups in total. The van der Waals surface area contributed by atoms with E-state index in [0.29, 0.717) is 18.9 Å². The van der Waals surface area contributed by atoms with Crippen molar-refractivity contribution in [3.63, 3.8) is 0 Å². The minimum atomic E-state index is -0.465. The van der Waals surface area contributed by atoms with Crippen LogP contribution >= 0.6 is 12.6 Å². The number of anilines is 1. The molecule has 190 valence electrons. The quantitative estimate of drug-likeness (QED) is 0.204. The second-order valence-corrected chi connectivity index (χ2v) is 8.80. The molecule has 1 fully saturated rings. The van der Waals surface area contributed by atoms with Gasteiger partial charge in [-0.1, -0.05) is 6.07 Å². The van der Waals surface area contributed by atoms with Crippen LogP contribution in [-0.2, 0) is 16.1 Å². The lowest BCUT2D eigenvalue weighted by atomic mass is 10.1. The Morgan fingerprint density at radius 3 is 2.81 bits per heavy atom. The normalized spacial score (nSPS) is 13.9. The van der Waals surface area contributed by atoms with E-state index in [4.69, 9.17) is 4.74 Å². The van der Waals surface area contributed by atoms with E-state index in [9.17, 15) is 14.4 Å². The molecular weight excluding hydrogens is 482 g/mol. The molecule has 4 heterocycles. The van der Waals surface area contributed by atoms with Crippen LogP contribution in [0.3, 0.4) is 0 Å². The monoisotopic (exact) mass is 511 g/mol. The molecule has 0 atom stereocenters. The summed E-state index contributed by atoms with van der Waals surface area (Å²) in [5, 5.41) is 14.3. The van der Waals surface area contributed by atoms with Crippen molar-refractivity contribution >= 4 is 36.4 Å². The average Bonchev–Trinajstić information content (AvgIpc) is 3.56. The minimum absolute atomic E-state index is 0.0615. The number of aromatic nitrogens is 5. The zero-order valence-electron chi connectivity index (χ0n) is 19.8. The van der Waals surface area contributed by atoms with Crippen LogP contribution in [0.4, 0.5) is 5.69 Å². The maximum absolute atomic E-state index is 13.1. The van der Waals surface area contributed by atoms with E-state index in [-0.39, 0.29) is 36.1 Å². The van der Waals surface area contributed by atoms with Gasteiger partial charge >= 0.3 is 0 Å². The molecule has 1 aliphatic heterocycles. The van der Waals surface area contributed by atoms with Crippen molar-refractivity contribution in [3.8, 4) is 11.3 Å². The summed E-state index contributed by atoms with van der Waals surface area (Å²) in [4.78, 5) is 41.0. The van der Waals surface area contributed by atoms with Gasteiger partial charge in [-0.3, -0.25) is 19.0 Å². The number of carbonyl (C=O) groups excluding carboxylic acids is 3. The first-order chi connectivity index (χ1) is 17.6. The topological polar surface area (TPSA) is 133 Å². The lowest BCUT2D eigenvalue weighted by molar-refractivity contribution is -0.107. The standard InChI is InChI=1S/C24H29N7O4S/c32-10-2-8-25-24(34)22-21(16-31(29-22)18-6-11-35-12-7-18)28-23(33)20-5-1-4-19(27-20)17-14-26-30(15-17)9-3-13-36/h1,4-5,10,14-16,18,36H,2-3,6-9,11-13H2,(H,25,34)(H,28,33). The first-order valence-electron chi connectivity index (χ1n) is 11.9. The molecule has 3 aromatic rings. The van der Waals surface area contributed by atoms with Crippen LogP contribution in [0.25, 0.3) is 11.3 Å². The van der Waals surface area contributed by atoms with Crippen LogP contribution in [-0.4, -0.2) is 68.2 Å². The molecule has 3 aromatic heterocycles. The smallest absolute Gasteiger partial charge is 0.274 e. The lowest BCUT2D eigenvalue weighted by Crippen LogP contribution is -2.27. The van der Waals surface area contributed by atoms with Crippen molar-refractivity contribution in [2.24, 2.45) is 0 Å². The fourth-order valence-corrected chi connectivity index (χ4v) is 4.02. The third-order valence-electron chi connectivity index (χ3n) is 5.76. The highest BCUT2D eigenvalue weighted by Gasteiger charge is 2.24. The Morgan fingerprint density at radius 1 is 1.19 bits per heavy atom. The third kappa shape index (κ3) is 6.38. The van der Waals surface area contributed by atoms with Crippen molar-refractivity contribution in [1.82, 2.24) is 29.9 Å². The predicted octanol–water partition coefficient (Wildman–Crippen LogP) is 2.38. The molecule has 0 aliphatic carbocycles. The van der Waals surface area contributed by atoms with Gasteiger partial charge in [-0.25, -0.2) is 4.98 Å². The highest BCUT2D eigenvalue weighted by atomic mass is 32.1. The fraction of sp³-hybridized carbons (Fsp3) is 0.417. The fourth-order valence-electron chi connectivity index (χ4n) is 3.88. The number of amides is 2. The van der Waals surface area contributed by atoms with E-state index in [1.165, 1.54) is 0 Å². The van der Waals surface area contributed by atoms with Crippen LogP contribution in [0.2, 0.25) is 0 Å². The molecular formula is C24H29N7O4S. The first-order valence-corrected chi connectivity index (χ1v) is 12.5. The summed E-state index contributed by atoms with van der Waals surface area (Å²) in [5.41, 5.74) is 1.97. The van der Waals surface area contributed by atoms with Crippen molar-refractivity contribution in [2.75, 3.05) is 30.8 Å². The van der Waals surface area contributed by atoms with Gasteiger partial charge in [-0.05, 0) is 37.1 Å². The number of rotatable bonds is 11. The van der Waals surface area contributed by atoms with Gasteiger partial charge < -0.3 is 20.2 Å². The minimum Gasteiger partial charge on any atom is -0.381 e. The zero-order valence-corrected chi connectivity index (χ0v) is 20.7. The largest absolute Gasteiger partial charge is 0.381 e. The Morgan fingerprint density at radius 2 is 2.03 bits per heavy atom. The molecule has 12 heteroatoms. The number of pyridine rings is 1. The molecule has 11 nitrogen and oxygen atoms in total.